The van der Waals surface area contributed by atoms with E-state index in [2.05, 4.69) is 19.2 Å². The van der Waals surface area contributed by atoms with E-state index in [4.69, 9.17) is 5.41 Å². The van der Waals surface area contributed by atoms with Crippen molar-refractivity contribution in [3.8, 4) is 0 Å². The van der Waals surface area contributed by atoms with E-state index in [1.807, 2.05) is 6.08 Å². The third-order valence-corrected chi connectivity index (χ3v) is 1.80. The number of hydrogen-bond acceptors (Lipinski definition) is 2. The molecule has 1 fully saturated rings. The van der Waals surface area contributed by atoms with Crippen molar-refractivity contribution < 1.29 is 0 Å². The lowest BCUT2D eigenvalue weighted by Gasteiger charge is -2.17. The number of nitrogens with one attached hydrogen (secondary N) is 2. The number of hydrogen-bond donors (Lipinski definition) is 2. The summed E-state index contributed by atoms with van der Waals surface area (Å²) in [5.41, 5.74) is 1.44. The van der Waals surface area contributed by atoms with Crippen LogP contribution >= 0.6 is 0 Å². The molecule has 2 N–H and O–H groups in total. The molecule has 1 heterocycles. The average Bonchev–Trinajstić information content (AvgIpc) is 2.12. The van der Waals surface area contributed by atoms with E-state index in [1.165, 1.54) is 18.3 Å². The quantitative estimate of drug-likeness (QED) is 0.531. The lowest BCUT2D eigenvalue weighted by atomic mass is 10.0. The van der Waals surface area contributed by atoms with Gasteiger partial charge < -0.3 is 10.7 Å². The Hall–Kier alpha value is -0.790. The number of allylic oxidation sites excluding steroid dienone is 2. The lowest BCUT2D eigenvalue weighted by Crippen LogP contribution is -2.30. The van der Waals surface area contributed by atoms with Gasteiger partial charge >= 0.3 is 0 Å². The smallest absolute Gasteiger partial charge is 0.0318 e. The van der Waals surface area contributed by atoms with Crippen molar-refractivity contribution in [1.82, 2.24) is 5.32 Å². The van der Waals surface area contributed by atoms with E-state index in [0.717, 1.165) is 6.42 Å². The fraction of sp³-hybridized carbons (Fsp3) is 0.625. The monoisotopic (exact) mass is 138 g/mol. The highest BCUT2D eigenvalue weighted by atomic mass is 15.0. The van der Waals surface area contributed by atoms with Crippen LogP contribution < -0.4 is 5.32 Å². The fourth-order valence-corrected chi connectivity index (χ4v) is 1.23. The van der Waals surface area contributed by atoms with E-state index < -0.39 is 0 Å². The van der Waals surface area contributed by atoms with Gasteiger partial charge in [-0.05, 0) is 32.8 Å². The first-order valence-electron chi connectivity index (χ1n) is 3.62. The van der Waals surface area contributed by atoms with Crippen LogP contribution in [0.2, 0.25) is 0 Å². The summed E-state index contributed by atoms with van der Waals surface area (Å²) in [5, 5.41) is 10.2. The van der Waals surface area contributed by atoms with Crippen LogP contribution in [0.25, 0.3) is 0 Å². The molecule has 2 nitrogen and oxygen atoms in total. The summed E-state index contributed by atoms with van der Waals surface area (Å²) in [6.45, 7) is 4.36. The van der Waals surface area contributed by atoms with Gasteiger partial charge in [0.25, 0.3) is 0 Å². The van der Waals surface area contributed by atoms with Crippen LogP contribution in [-0.2, 0) is 0 Å². The summed E-state index contributed by atoms with van der Waals surface area (Å²) >= 11 is 0. The maximum Gasteiger partial charge on any atom is 0.0318 e. The molecule has 1 aliphatic rings. The van der Waals surface area contributed by atoms with Crippen molar-refractivity contribution in [2.24, 2.45) is 0 Å². The minimum atomic E-state index is 0.245. The second-order valence-electron chi connectivity index (χ2n) is 3.37. The van der Waals surface area contributed by atoms with Gasteiger partial charge in [-0.25, -0.2) is 0 Å². The molecular formula is C8H14N2. The zero-order valence-corrected chi connectivity index (χ0v) is 6.57. The minimum absolute atomic E-state index is 0.245. The van der Waals surface area contributed by atoms with Crippen molar-refractivity contribution in [3.63, 3.8) is 0 Å². The Morgan fingerprint density at radius 1 is 1.60 bits per heavy atom. The highest BCUT2D eigenvalue weighted by Gasteiger charge is 2.24. The summed E-state index contributed by atoms with van der Waals surface area (Å²) in [5.74, 6) is 0. The largest absolute Gasteiger partial charge is 0.383 e. The molecular weight excluding hydrogens is 124 g/mol. The second kappa shape index (κ2) is 2.45. The van der Waals surface area contributed by atoms with Crippen molar-refractivity contribution in [2.75, 3.05) is 0 Å². The van der Waals surface area contributed by atoms with Gasteiger partial charge in [0.05, 0.1) is 0 Å². The highest BCUT2D eigenvalue weighted by molar-refractivity contribution is 5.68. The van der Waals surface area contributed by atoms with Gasteiger partial charge in [-0.1, -0.05) is 0 Å². The van der Waals surface area contributed by atoms with Crippen molar-refractivity contribution >= 4 is 6.21 Å². The molecule has 0 amide bonds. The van der Waals surface area contributed by atoms with Crippen LogP contribution in [-0.4, -0.2) is 11.8 Å². The minimum Gasteiger partial charge on any atom is -0.383 e. The molecule has 0 atom stereocenters. The first kappa shape index (κ1) is 7.32. The summed E-state index contributed by atoms with van der Waals surface area (Å²) in [7, 11) is 0. The molecule has 1 aliphatic heterocycles. The van der Waals surface area contributed by atoms with Crippen molar-refractivity contribution in [3.05, 3.63) is 11.8 Å². The third kappa shape index (κ3) is 1.59. The molecule has 0 aromatic heterocycles. The molecule has 1 saturated heterocycles. The van der Waals surface area contributed by atoms with Crippen LogP contribution in [0.5, 0.6) is 0 Å². The van der Waals surface area contributed by atoms with E-state index in [1.54, 1.807) is 0 Å². The molecule has 56 valence electrons. The maximum absolute atomic E-state index is 6.86. The van der Waals surface area contributed by atoms with Crippen LogP contribution in [0.1, 0.15) is 26.7 Å². The van der Waals surface area contributed by atoms with E-state index in [-0.39, 0.29) is 5.54 Å². The Balaban J connectivity index is 2.59. The Morgan fingerprint density at radius 2 is 2.30 bits per heavy atom. The molecule has 0 bridgehead atoms. The first-order valence-corrected chi connectivity index (χ1v) is 3.62. The number of rotatable bonds is 1. The van der Waals surface area contributed by atoms with Gasteiger partial charge in [0, 0.05) is 17.5 Å². The van der Waals surface area contributed by atoms with Gasteiger partial charge in [0.15, 0.2) is 0 Å². The molecule has 1 rings (SSSR count). The lowest BCUT2D eigenvalue weighted by molar-refractivity contribution is 0.470. The van der Waals surface area contributed by atoms with Gasteiger partial charge in [0.1, 0.15) is 0 Å². The zero-order chi connectivity index (χ0) is 7.61. The molecule has 0 saturated carbocycles. The van der Waals surface area contributed by atoms with Crippen LogP contribution in [0.15, 0.2) is 11.8 Å². The molecule has 0 unspecified atom stereocenters. The predicted molar refractivity (Wildman–Crippen MR) is 43.3 cm³/mol. The normalized spacial score (nSPS) is 26.4. The molecule has 0 aromatic rings. The van der Waals surface area contributed by atoms with Gasteiger partial charge in [-0.2, -0.15) is 0 Å². The molecule has 10 heavy (non-hydrogen) atoms. The summed E-state index contributed by atoms with van der Waals surface area (Å²) in [4.78, 5) is 0. The highest BCUT2D eigenvalue weighted by Crippen LogP contribution is 2.23. The topological polar surface area (TPSA) is 35.9 Å². The van der Waals surface area contributed by atoms with E-state index in [0.29, 0.717) is 0 Å². The van der Waals surface area contributed by atoms with E-state index >= 15 is 0 Å². The Labute approximate surface area is 61.8 Å². The average molecular weight is 138 g/mol. The molecule has 2 heteroatoms. The van der Waals surface area contributed by atoms with E-state index in [9.17, 15) is 0 Å². The second-order valence-corrected chi connectivity index (χ2v) is 3.37. The van der Waals surface area contributed by atoms with Crippen LogP contribution in [0, 0.1) is 5.41 Å². The van der Waals surface area contributed by atoms with Crippen LogP contribution in [0.3, 0.4) is 0 Å². The van der Waals surface area contributed by atoms with Gasteiger partial charge in [-0.15, -0.1) is 0 Å². The fourth-order valence-electron chi connectivity index (χ4n) is 1.23. The summed E-state index contributed by atoms with van der Waals surface area (Å²) < 4.78 is 0. The zero-order valence-electron chi connectivity index (χ0n) is 6.57. The Morgan fingerprint density at radius 3 is 2.70 bits per heavy atom. The van der Waals surface area contributed by atoms with Gasteiger partial charge in [0.2, 0.25) is 0 Å². The van der Waals surface area contributed by atoms with Crippen LogP contribution in [0.4, 0.5) is 0 Å². The predicted octanol–water partition coefficient (Wildman–Crippen LogP) is 1.68. The molecule has 0 aromatic carbocycles. The third-order valence-electron chi connectivity index (χ3n) is 1.80. The standard InChI is InChI=1S/C8H14N2/c1-8(2)5-3-7(10-8)4-6-9/h4,6,9-10H,3,5H2,1-2H3. The van der Waals surface area contributed by atoms with Crippen molar-refractivity contribution in [2.45, 2.75) is 32.2 Å². The summed E-state index contributed by atoms with van der Waals surface area (Å²) in [6.07, 6.45) is 5.42. The molecule has 0 radical (unpaired) electrons. The Kier molecular flexibility index (Phi) is 1.79. The summed E-state index contributed by atoms with van der Waals surface area (Å²) in [6, 6.07) is 0. The first-order chi connectivity index (χ1) is 4.64. The molecule has 0 spiro atoms. The Bertz CT molecular complexity index is 168. The van der Waals surface area contributed by atoms with Crippen molar-refractivity contribution in [1.29, 1.82) is 5.41 Å². The molecule has 0 aliphatic carbocycles. The van der Waals surface area contributed by atoms with Gasteiger partial charge in [-0.3, -0.25) is 0 Å². The maximum atomic E-state index is 6.86. The SMILES string of the molecule is CC1(C)CCC(=CC=N)N1.